The van der Waals surface area contributed by atoms with Crippen LogP contribution in [-0.4, -0.2) is 63.4 Å². The number of urea groups is 1. The number of aliphatic hydroxyl groups excluding tert-OH is 1. The topological polar surface area (TPSA) is 127 Å². The zero-order valence-electron chi connectivity index (χ0n) is 9.70. The molecule has 0 aromatic rings. The lowest BCUT2D eigenvalue weighted by atomic mass is 10.1. The van der Waals surface area contributed by atoms with Crippen molar-refractivity contribution < 1.29 is 29.7 Å². The predicted octanol–water partition coefficient (Wildman–Crippen LogP) is -0.919. The number of β-amino-alcohol motifs (C(OH)–C–C–N with tert-alkyl or cyclic N) is 1. The van der Waals surface area contributed by atoms with Crippen LogP contribution in [0.1, 0.15) is 19.3 Å². The fourth-order valence-electron chi connectivity index (χ4n) is 1.69. The lowest BCUT2D eigenvalue weighted by molar-refractivity contribution is -0.140. The summed E-state index contributed by atoms with van der Waals surface area (Å²) in [6, 6.07) is -1.82. The van der Waals surface area contributed by atoms with Crippen LogP contribution < -0.4 is 5.32 Å². The van der Waals surface area contributed by atoms with Gasteiger partial charge in [0.1, 0.15) is 6.04 Å². The van der Waals surface area contributed by atoms with Gasteiger partial charge in [0.15, 0.2) is 0 Å². The first-order valence-electron chi connectivity index (χ1n) is 5.58. The van der Waals surface area contributed by atoms with E-state index >= 15 is 0 Å². The lowest BCUT2D eigenvalue weighted by Crippen LogP contribution is -2.47. The van der Waals surface area contributed by atoms with Gasteiger partial charge in [0.2, 0.25) is 0 Å². The molecule has 0 saturated carbocycles. The third-order valence-electron chi connectivity index (χ3n) is 2.69. The number of nitrogens with one attached hydrogen (secondary N) is 1. The number of carbonyl (C=O) groups is 3. The van der Waals surface area contributed by atoms with Crippen LogP contribution in [-0.2, 0) is 9.59 Å². The molecule has 1 fully saturated rings. The molecule has 2 amide bonds. The molecule has 0 spiro atoms. The van der Waals surface area contributed by atoms with Gasteiger partial charge in [-0.15, -0.1) is 0 Å². The second-order valence-electron chi connectivity index (χ2n) is 4.16. The molecule has 0 aliphatic carbocycles. The Morgan fingerprint density at radius 3 is 2.44 bits per heavy atom. The maximum Gasteiger partial charge on any atom is 0.326 e. The van der Waals surface area contributed by atoms with Crippen molar-refractivity contribution in [1.82, 2.24) is 10.2 Å². The molecule has 102 valence electrons. The summed E-state index contributed by atoms with van der Waals surface area (Å²) >= 11 is 0. The molecule has 4 N–H and O–H groups in total. The molecule has 1 saturated heterocycles. The van der Waals surface area contributed by atoms with E-state index in [1.54, 1.807) is 0 Å². The largest absolute Gasteiger partial charge is 0.481 e. The molecule has 1 heterocycles. The molecule has 8 nitrogen and oxygen atoms in total. The third-order valence-corrected chi connectivity index (χ3v) is 2.69. The maximum atomic E-state index is 11.6. The number of nitrogens with zero attached hydrogens (tertiary/aromatic N) is 1. The Morgan fingerprint density at radius 2 is 2.00 bits per heavy atom. The molecule has 0 aromatic heterocycles. The Kier molecular flexibility index (Phi) is 4.90. The second kappa shape index (κ2) is 6.20. The molecule has 1 aliphatic heterocycles. The van der Waals surface area contributed by atoms with Crippen molar-refractivity contribution in [2.24, 2.45) is 0 Å². The number of rotatable bonds is 5. The molecule has 0 bridgehead atoms. The second-order valence-corrected chi connectivity index (χ2v) is 4.16. The number of carboxylic acids is 2. The minimum Gasteiger partial charge on any atom is -0.481 e. The van der Waals surface area contributed by atoms with Gasteiger partial charge in [-0.25, -0.2) is 9.59 Å². The standard InChI is InChI=1S/C10H16N2O6/c13-6-3-4-12(5-6)10(18)11-7(9(16)17)1-2-8(14)15/h6-7,13H,1-5H2,(H,11,18)(H,14,15)(H,16,17). The number of carboxylic acid groups (broad SMARTS) is 2. The van der Waals surface area contributed by atoms with Crippen LogP contribution in [0.4, 0.5) is 4.79 Å². The van der Waals surface area contributed by atoms with Crippen molar-refractivity contribution in [3.05, 3.63) is 0 Å². The summed E-state index contributed by atoms with van der Waals surface area (Å²) < 4.78 is 0. The van der Waals surface area contributed by atoms with Gasteiger partial charge in [-0.2, -0.15) is 0 Å². The minimum atomic E-state index is -1.27. The van der Waals surface area contributed by atoms with E-state index < -0.39 is 30.1 Å². The van der Waals surface area contributed by atoms with Crippen molar-refractivity contribution >= 4 is 18.0 Å². The zero-order chi connectivity index (χ0) is 13.7. The number of aliphatic hydroxyl groups is 1. The highest BCUT2D eigenvalue weighted by atomic mass is 16.4. The molecule has 0 radical (unpaired) electrons. The quantitative estimate of drug-likeness (QED) is 0.506. The SMILES string of the molecule is O=C(O)CCC(NC(=O)N1CCC(O)C1)C(=O)O. The van der Waals surface area contributed by atoms with Crippen LogP contribution in [0.3, 0.4) is 0 Å². The van der Waals surface area contributed by atoms with Gasteiger partial charge in [0, 0.05) is 19.5 Å². The van der Waals surface area contributed by atoms with E-state index in [1.165, 1.54) is 4.90 Å². The molecule has 0 aromatic carbocycles. The van der Waals surface area contributed by atoms with Crippen LogP contribution in [0.25, 0.3) is 0 Å². The first kappa shape index (κ1) is 14.2. The Hall–Kier alpha value is -1.83. The molecule has 8 heteroatoms. The lowest BCUT2D eigenvalue weighted by Gasteiger charge is -2.20. The maximum absolute atomic E-state index is 11.6. The van der Waals surface area contributed by atoms with Crippen molar-refractivity contribution in [3.63, 3.8) is 0 Å². The number of carbonyl (C=O) groups excluding carboxylic acids is 1. The van der Waals surface area contributed by atoms with Crippen LogP contribution in [0.5, 0.6) is 0 Å². The fourth-order valence-corrected chi connectivity index (χ4v) is 1.69. The van der Waals surface area contributed by atoms with Crippen molar-refractivity contribution in [2.45, 2.75) is 31.4 Å². The molecule has 2 atom stereocenters. The predicted molar refractivity (Wildman–Crippen MR) is 59.0 cm³/mol. The van der Waals surface area contributed by atoms with Gasteiger partial charge in [0.25, 0.3) is 0 Å². The fraction of sp³-hybridized carbons (Fsp3) is 0.700. The molecular formula is C10H16N2O6. The number of aliphatic carboxylic acids is 2. The zero-order valence-corrected chi connectivity index (χ0v) is 9.70. The Labute approximate surface area is 103 Å². The highest BCUT2D eigenvalue weighted by molar-refractivity contribution is 5.83. The first-order valence-corrected chi connectivity index (χ1v) is 5.58. The van der Waals surface area contributed by atoms with Crippen LogP contribution >= 0.6 is 0 Å². The van der Waals surface area contributed by atoms with E-state index in [2.05, 4.69) is 5.32 Å². The summed E-state index contributed by atoms with van der Waals surface area (Å²) in [6.07, 6.45) is -0.634. The van der Waals surface area contributed by atoms with Crippen LogP contribution in [0.15, 0.2) is 0 Å². The molecular weight excluding hydrogens is 244 g/mol. The van der Waals surface area contributed by atoms with Crippen molar-refractivity contribution in [2.75, 3.05) is 13.1 Å². The number of hydrogen-bond donors (Lipinski definition) is 4. The molecule has 18 heavy (non-hydrogen) atoms. The van der Waals surface area contributed by atoms with Crippen molar-refractivity contribution in [3.8, 4) is 0 Å². The monoisotopic (exact) mass is 260 g/mol. The normalized spacial score (nSPS) is 20.5. The van der Waals surface area contributed by atoms with E-state index in [9.17, 15) is 19.5 Å². The number of likely N-dealkylation sites (tertiary alicyclic amines) is 1. The highest BCUT2D eigenvalue weighted by Crippen LogP contribution is 2.09. The van der Waals surface area contributed by atoms with Gasteiger partial charge in [-0.05, 0) is 12.8 Å². The summed E-state index contributed by atoms with van der Waals surface area (Å²) in [5.41, 5.74) is 0. The number of amides is 2. The summed E-state index contributed by atoms with van der Waals surface area (Å²) in [6.45, 7) is 0.523. The Bertz CT molecular complexity index is 345. The van der Waals surface area contributed by atoms with Gasteiger partial charge in [-0.1, -0.05) is 0 Å². The van der Waals surface area contributed by atoms with Crippen LogP contribution in [0.2, 0.25) is 0 Å². The van der Waals surface area contributed by atoms with Gasteiger partial charge >= 0.3 is 18.0 Å². The van der Waals surface area contributed by atoms with Gasteiger partial charge in [-0.3, -0.25) is 4.79 Å². The summed E-state index contributed by atoms with van der Waals surface area (Å²) in [5, 5.41) is 28.8. The summed E-state index contributed by atoms with van der Waals surface area (Å²) in [7, 11) is 0. The molecule has 1 aliphatic rings. The number of hydrogen-bond acceptors (Lipinski definition) is 4. The molecule has 2 unspecified atom stereocenters. The third kappa shape index (κ3) is 4.21. The average molecular weight is 260 g/mol. The Morgan fingerprint density at radius 1 is 1.33 bits per heavy atom. The van der Waals surface area contributed by atoms with E-state index in [0.29, 0.717) is 13.0 Å². The summed E-state index contributed by atoms with van der Waals surface area (Å²) in [4.78, 5) is 34.2. The first-order chi connectivity index (χ1) is 8.40. The molecule has 1 rings (SSSR count). The van der Waals surface area contributed by atoms with Gasteiger partial charge < -0.3 is 25.5 Å². The van der Waals surface area contributed by atoms with Gasteiger partial charge in [0.05, 0.1) is 6.10 Å². The van der Waals surface area contributed by atoms with E-state index in [4.69, 9.17) is 10.2 Å². The summed E-state index contributed by atoms with van der Waals surface area (Å²) in [5.74, 6) is -2.39. The van der Waals surface area contributed by atoms with E-state index in [0.717, 1.165) is 0 Å². The van der Waals surface area contributed by atoms with E-state index in [1.807, 2.05) is 0 Å². The highest BCUT2D eigenvalue weighted by Gasteiger charge is 2.28. The smallest absolute Gasteiger partial charge is 0.326 e. The van der Waals surface area contributed by atoms with E-state index in [-0.39, 0.29) is 19.4 Å². The Balaban J connectivity index is 2.47. The van der Waals surface area contributed by atoms with Crippen molar-refractivity contribution in [1.29, 1.82) is 0 Å². The average Bonchev–Trinajstić information content (AvgIpc) is 2.70. The minimum absolute atomic E-state index is 0.164. The van der Waals surface area contributed by atoms with Crippen LogP contribution in [0, 0.1) is 0 Å².